The van der Waals surface area contributed by atoms with Crippen LogP contribution in [0.5, 0.6) is 0 Å². The number of carbonyl (C=O) groups excluding carboxylic acids is 2. The summed E-state index contributed by atoms with van der Waals surface area (Å²) in [7, 11) is 0. The van der Waals surface area contributed by atoms with Crippen LogP contribution in [0.1, 0.15) is 23.5 Å². The predicted octanol–water partition coefficient (Wildman–Crippen LogP) is 2.78. The van der Waals surface area contributed by atoms with Crippen molar-refractivity contribution in [3.63, 3.8) is 0 Å². The third-order valence-electron chi connectivity index (χ3n) is 6.74. The molecule has 176 valence electrons. The van der Waals surface area contributed by atoms with E-state index in [0.29, 0.717) is 13.0 Å². The Morgan fingerprint density at radius 2 is 1.71 bits per heavy atom. The summed E-state index contributed by atoms with van der Waals surface area (Å²) in [6.45, 7) is 0.754. The Labute approximate surface area is 197 Å². The number of carboxylic acids is 1. The molecular weight excluding hydrogens is 436 g/mol. The van der Waals surface area contributed by atoms with E-state index in [-0.39, 0.29) is 37.6 Å². The smallest absolute Gasteiger partial charge is 0.407 e. The molecule has 3 aliphatic rings. The highest BCUT2D eigenvalue weighted by Gasteiger charge is 2.37. The second kappa shape index (κ2) is 9.30. The van der Waals surface area contributed by atoms with E-state index in [1.54, 1.807) is 12.2 Å². The lowest BCUT2D eigenvalue weighted by atomic mass is 9.98. The van der Waals surface area contributed by atoms with Gasteiger partial charge in [0.15, 0.2) is 6.04 Å². The van der Waals surface area contributed by atoms with Gasteiger partial charge in [-0.2, -0.15) is 0 Å². The van der Waals surface area contributed by atoms with Gasteiger partial charge in [-0.3, -0.25) is 4.79 Å². The number of hydrogen-bond acceptors (Lipinski definition) is 5. The number of ether oxygens (including phenoxy) is 2. The van der Waals surface area contributed by atoms with Crippen LogP contribution in [0.4, 0.5) is 4.79 Å². The molecule has 1 heterocycles. The molecule has 0 bridgehead atoms. The molecule has 2 aromatic carbocycles. The fourth-order valence-corrected chi connectivity index (χ4v) is 5.07. The van der Waals surface area contributed by atoms with Crippen LogP contribution in [-0.2, 0) is 19.1 Å². The zero-order valence-electron chi connectivity index (χ0n) is 18.6. The summed E-state index contributed by atoms with van der Waals surface area (Å²) in [6.07, 6.45) is 3.32. The van der Waals surface area contributed by atoms with Crippen LogP contribution < -0.4 is 5.32 Å². The van der Waals surface area contributed by atoms with E-state index < -0.39 is 24.0 Å². The minimum atomic E-state index is -1.08. The van der Waals surface area contributed by atoms with Crippen LogP contribution in [0, 0.1) is 5.92 Å². The van der Waals surface area contributed by atoms with E-state index in [4.69, 9.17) is 9.47 Å². The third kappa shape index (κ3) is 4.17. The molecule has 0 spiro atoms. The number of morpholine rings is 1. The molecule has 2 N–H and O–H groups in total. The second-order valence-electron chi connectivity index (χ2n) is 8.76. The van der Waals surface area contributed by atoms with Gasteiger partial charge in [0, 0.05) is 12.5 Å². The zero-order chi connectivity index (χ0) is 23.7. The van der Waals surface area contributed by atoms with Crippen LogP contribution in [0.2, 0.25) is 0 Å². The van der Waals surface area contributed by atoms with E-state index in [1.807, 2.05) is 24.3 Å². The minimum absolute atomic E-state index is 0.0149. The lowest BCUT2D eigenvalue weighted by Crippen LogP contribution is -2.54. The number of rotatable bonds is 5. The first kappa shape index (κ1) is 22.2. The molecular formula is C26H26N2O6. The molecule has 0 saturated carbocycles. The first-order valence-corrected chi connectivity index (χ1v) is 11.4. The quantitative estimate of drug-likeness (QED) is 0.662. The first-order chi connectivity index (χ1) is 16.5. The van der Waals surface area contributed by atoms with Gasteiger partial charge in [0.05, 0.1) is 25.2 Å². The van der Waals surface area contributed by atoms with Crippen LogP contribution in [0.15, 0.2) is 60.7 Å². The highest BCUT2D eigenvalue weighted by atomic mass is 16.5. The Morgan fingerprint density at radius 3 is 2.38 bits per heavy atom. The zero-order valence-corrected chi connectivity index (χ0v) is 18.6. The van der Waals surface area contributed by atoms with Gasteiger partial charge in [-0.15, -0.1) is 0 Å². The normalized spacial score (nSPS) is 23.3. The van der Waals surface area contributed by atoms with Gasteiger partial charge in [0.2, 0.25) is 5.91 Å². The lowest BCUT2D eigenvalue weighted by molar-refractivity contribution is -0.159. The summed E-state index contributed by atoms with van der Waals surface area (Å²) in [6, 6.07) is 14.9. The summed E-state index contributed by atoms with van der Waals surface area (Å²) in [5.74, 6) is -1.85. The van der Waals surface area contributed by atoms with Crippen molar-refractivity contribution < 1.29 is 29.0 Å². The fraction of sp³-hybridized carbons (Fsp3) is 0.346. The Morgan fingerprint density at radius 1 is 1.03 bits per heavy atom. The first-order valence-electron chi connectivity index (χ1n) is 11.4. The average Bonchev–Trinajstić information content (AvgIpc) is 3.45. The van der Waals surface area contributed by atoms with Crippen molar-refractivity contribution in [1.29, 1.82) is 0 Å². The number of benzene rings is 2. The Bertz CT molecular complexity index is 1100. The van der Waals surface area contributed by atoms with Gasteiger partial charge < -0.3 is 24.8 Å². The highest BCUT2D eigenvalue weighted by Crippen LogP contribution is 2.44. The largest absolute Gasteiger partial charge is 0.480 e. The molecule has 3 unspecified atom stereocenters. The van der Waals surface area contributed by atoms with Crippen LogP contribution in [0.3, 0.4) is 0 Å². The van der Waals surface area contributed by atoms with Crippen molar-refractivity contribution >= 4 is 18.0 Å². The third-order valence-corrected chi connectivity index (χ3v) is 6.74. The molecule has 2 amide bonds. The SMILES string of the molecule is O=C(NC1C=CC(C(=O)N2CCOCC2C(=O)O)C1)OCC1c2ccccc2-c2ccccc21. The molecule has 1 aliphatic heterocycles. The van der Waals surface area contributed by atoms with Gasteiger partial charge >= 0.3 is 12.1 Å². The number of aliphatic carboxylic acids is 1. The lowest BCUT2D eigenvalue weighted by Gasteiger charge is -2.34. The number of alkyl carbamates (subject to hydrolysis) is 1. The van der Waals surface area contributed by atoms with Crippen LogP contribution in [-0.4, -0.2) is 66.4 Å². The molecule has 1 saturated heterocycles. The van der Waals surface area contributed by atoms with Crippen LogP contribution in [0.25, 0.3) is 11.1 Å². The molecule has 2 aromatic rings. The molecule has 1 fully saturated rings. The Balaban J connectivity index is 1.17. The molecule has 5 rings (SSSR count). The Hall–Kier alpha value is -3.65. The summed E-state index contributed by atoms with van der Waals surface area (Å²) >= 11 is 0. The minimum Gasteiger partial charge on any atom is -0.480 e. The fourth-order valence-electron chi connectivity index (χ4n) is 5.07. The Kier molecular flexibility index (Phi) is 6.06. The van der Waals surface area contributed by atoms with Gasteiger partial charge in [-0.1, -0.05) is 60.7 Å². The predicted molar refractivity (Wildman–Crippen MR) is 123 cm³/mol. The van der Waals surface area contributed by atoms with Crippen molar-refractivity contribution in [2.75, 3.05) is 26.4 Å². The summed E-state index contributed by atoms with van der Waals surface area (Å²) in [4.78, 5) is 38.3. The maximum absolute atomic E-state index is 12.9. The highest BCUT2D eigenvalue weighted by molar-refractivity contribution is 5.87. The van der Waals surface area contributed by atoms with Crippen LogP contribution >= 0.6 is 0 Å². The molecule has 0 radical (unpaired) electrons. The van der Waals surface area contributed by atoms with E-state index >= 15 is 0 Å². The number of hydrogen-bond donors (Lipinski definition) is 2. The van der Waals surface area contributed by atoms with E-state index in [9.17, 15) is 19.5 Å². The van der Waals surface area contributed by atoms with Gasteiger partial charge in [0.1, 0.15) is 6.61 Å². The second-order valence-corrected chi connectivity index (χ2v) is 8.76. The number of carboxylic acid groups (broad SMARTS) is 1. The number of carbonyl (C=O) groups is 3. The average molecular weight is 463 g/mol. The van der Waals surface area contributed by atoms with Crippen molar-refractivity contribution in [2.24, 2.45) is 5.92 Å². The molecule has 8 heteroatoms. The molecule has 34 heavy (non-hydrogen) atoms. The van der Waals surface area contributed by atoms with Gasteiger partial charge in [0.25, 0.3) is 0 Å². The van der Waals surface area contributed by atoms with Gasteiger partial charge in [-0.25, -0.2) is 9.59 Å². The number of amides is 2. The van der Waals surface area contributed by atoms with Crippen molar-refractivity contribution in [3.05, 3.63) is 71.8 Å². The molecule has 3 atom stereocenters. The maximum atomic E-state index is 12.9. The standard InChI is InChI=1S/C26H26N2O6/c29-24(28-11-12-33-15-23(28)25(30)31)16-9-10-17(13-16)27-26(32)34-14-22-20-7-3-1-5-18(20)19-6-2-4-8-21(19)22/h1-10,16-17,22-23H,11-15H2,(H,27,32)(H,30,31). The summed E-state index contributed by atoms with van der Waals surface area (Å²) in [5, 5.41) is 12.2. The van der Waals surface area contributed by atoms with Crippen molar-refractivity contribution in [2.45, 2.75) is 24.4 Å². The van der Waals surface area contributed by atoms with Crippen molar-refractivity contribution in [3.8, 4) is 11.1 Å². The molecule has 0 aromatic heterocycles. The van der Waals surface area contributed by atoms with E-state index in [0.717, 1.165) is 22.3 Å². The topological polar surface area (TPSA) is 105 Å². The number of nitrogens with zero attached hydrogens (tertiary/aromatic N) is 1. The summed E-state index contributed by atoms with van der Waals surface area (Å²) in [5.41, 5.74) is 4.60. The van der Waals surface area contributed by atoms with E-state index in [1.165, 1.54) is 4.90 Å². The molecule has 8 nitrogen and oxygen atoms in total. The van der Waals surface area contributed by atoms with E-state index in [2.05, 4.69) is 29.6 Å². The number of nitrogens with one attached hydrogen (secondary N) is 1. The van der Waals surface area contributed by atoms with Gasteiger partial charge in [-0.05, 0) is 28.7 Å². The van der Waals surface area contributed by atoms with Crippen molar-refractivity contribution in [1.82, 2.24) is 10.2 Å². The number of fused-ring (bicyclic) bond motifs is 3. The monoisotopic (exact) mass is 462 g/mol. The summed E-state index contributed by atoms with van der Waals surface area (Å²) < 4.78 is 10.8. The molecule has 2 aliphatic carbocycles. The maximum Gasteiger partial charge on any atom is 0.407 e.